The van der Waals surface area contributed by atoms with E-state index in [9.17, 15) is 8.42 Å². The minimum Gasteiger partial charge on any atom is -0.493 e. The van der Waals surface area contributed by atoms with Crippen LogP contribution < -0.4 is 14.8 Å². The van der Waals surface area contributed by atoms with Crippen LogP contribution in [0.2, 0.25) is 0 Å². The zero-order chi connectivity index (χ0) is 15.9. The highest BCUT2D eigenvalue weighted by molar-refractivity contribution is 7.91. The first-order chi connectivity index (χ1) is 9.94. The van der Waals surface area contributed by atoms with E-state index in [0.29, 0.717) is 11.5 Å². The molecule has 8 heteroatoms. The maximum Gasteiger partial charge on any atom is 0.179 e. The van der Waals surface area contributed by atoms with Gasteiger partial charge in [-0.15, -0.1) is 0 Å². The summed E-state index contributed by atoms with van der Waals surface area (Å²) in [6, 6.07) is 4.41. The van der Waals surface area contributed by atoms with E-state index in [1.807, 2.05) is 0 Å². The molecule has 0 fully saturated rings. The molecule has 3 N–H and O–H groups in total. The lowest BCUT2D eigenvalue weighted by molar-refractivity contribution is 0.0950. The van der Waals surface area contributed by atoms with Gasteiger partial charge in [-0.3, -0.25) is 0 Å². The number of benzene rings is 1. The molecule has 0 radical (unpaired) electrons. The van der Waals surface area contributed by atoms with E-state index >= 15 is 0 Å². The quantitative estimate of drug-likeness (QED) is 0.523. The topological polar surface area (TPSA) is 105 Å². The zero-order valence-electron chi connectivity index (χ0n) is 12.1. The lowest BCUT2D eigenvalue weighted by Gasteiger charge is -2.11. The average Bonchev–Trinajstić information content (AvgIpc) is 2.50. The van der Waals surface area contributed by atoms with Gasteiger partial charge in [-0.2, -0.15) is 0 Å². The summed E-state index contributed by atoms with van der Waals surface area (Å²) in [5, 5.41) is 20.6. The summed E-state index contributed by atoms with van der Waals surface area (Å²) in [6.45, 7) is -0.0544. The van der Waals surface area contributed by atoms with Crippen LogP contribution in [0, 0.1) is 0 Å². The summed E-state index contributed by atoms with van der Waals surface area (Å²) in [5.74, 6) is 0.684. The summed E-state index contributed by atoms with van der Waals surface area (Å²) < 4.78 is 34.5. The number of hydrogen-bond donors (Lipinski definition) is 3. The van der Waals surface area contributed by atoms with Gasteiger partial charge in [0.05, 0.1) is 37.6 Å². The molecule has 21 heavy (non-hydrogen) atoms. The smallest absolute Gasteiger partial charge is 0.179 e. The van der Waals surface area contributed by atoms with Crippen LogP contribution in [-0.2, 0) is 9.84 Å². The van der Waals surface area contributed by atoms with Crippen molar-refractivity contribution < 1.29 is 28.1 Å². The minimum atomic E-state index is -3.46. The SMILES string of the molecule is COc1ccc(S(=O)(=O)CCNCC(O)CO)cc1OC. The van der Waals surface area contributed by atoms with Crippen LogP contribution in [0.1, 0.15) is 0 Å². The Morgan fingerprint density at radius 3 is 2.48 bits per heavy atom. The third kappa shape index (κ3) is 5.16. The van der Waals surface area contributed by atoms with Gasteiger partial charge in [-0.25, -0.2) is 8.42 Å². The molecule has 1 rings (SSSR count). The number of rotatable bonds is 9. The number of hydrogen-bond acceptors (Lipinski definition) is 7. The lowest BCUT2D eigenvalue weighted by Crippen LogP contribution is -2.32. The Morgan fingerprint density at radius 2 is 1.90 bits per heavy atom. The number of nitrogens with one attached hydrogen (secondary N) is 1. The number of aliphatic hydroxyl groups is 2. The number of aliphatic hydroxyl groups excluding tert-OH is 2. The van der Waals surface area contributed by atoms with E-state index in [-0.39, 0.29) is 30.3 Å². The molecular weight excluding hydrogens is 298 g/mol. The highest BCUT2D eigenvalue weighted by atomic mass is 32.2. The van der Waals surface area contributed by atoms with E-state index < -0.39 is 15.9 Å². The third-order valence-corrected chi connectivity index (χ3v) is 4.57. The second-order valence-electron chi connectivity index (χ2n) is 4.38. The van der Waals surface area contributed by atoms with Gasteiger partial charge in [0.2, 0.25) is 0 Å². The van der Waals surface area contributed by atoms with Gasteiger partial charge in [-0.1, -0.05) is 0 Å². The van der Waals surface area contributed by atoms with Crippen molar-refractivity contribution in [1.29, 1.82) is 0 Å². The molecule has 0 aliphatic carbocycles. The number of methoxy groups -OCH3 is 2. The van der Waals surface area contributed by atoms with E-state index in [1.165, 1.54) is 32.4 Å². The van der Waals surface area contributed by atoms with Crippen molar-refractivity contribution in [1.82, 2.24) is 5.32 Å². The van der Waals surface area contributed by atoms with E-state index in [0.717, 1.165) is 0 Å². The molecule has 0 heterocycles. The highest BCUT2D eigenvalue weighted by Gasteiger charge is 2.17. The molecule has 1 unspecified atom stereocenters. The van der Waals surface area contributed by atoms with Crippen LogP contribution in [0.5, 0.6) is 11.5 Å². The fourth-order valence-electron chi connectivity index (χ4n) is 1.67. The summed E-state index contributed by atoms with van der Waals surface area (Å²) in [6.07, 6.45) is -0.895. The second kappa shape index (κ2) is 8.18. The standard InChI is InChI=1S/C13H21NO6S/c1-19-12-4-3-11(7-13(12)20-2)21(17,18)6-5-14-8-10(16)9-15/h3-4,7,10,14-16H,5-6,8-9H2,1-2H3. The van der Waals surface area contributed by atoms with E-state index in [2.05, 4.69) is 5.32 Å². The van der Waals surface area contributed by atoms with Crippen molar-refractivity contribution >= 4 is 9.84 Å². The molecule has 0 aliphatic rings. The Balaban J connectivity index is 2.70. The van der Waals surface area contributed by atoms with Gasteiger partial charge >= 0.3 is 0 Å². The number of ether oxygens (including phenoxy) is 2. The highest BCUT2D eigenvalue weighted by Crippen LogP contribution is 2.29. The van der Waals surface area contributed by atoms with Gasteiger partial charge in [-0.05, 0) is 12.1 Å². The van der Waals surface area contributed by atoms with E-state index in [4.69, 9.17) is 19.7 Å². The molecule has 0 aliphatic heterocycles. The molecule has 0 aromatic heterocycles. The molecule has 1 aromatic carbocycles. The molecule has 0 saturated heterocycles. The van der Waals surface area contributed by atoms with Gasteiger partial charge in [0.1, 0.15) is 0 Å². The first kappa shape index (κ1) is 17.7. The molecule has 7 nitrogen and oxygen atoms in total. The second-order valence-corrected chi connectivity index (χ2v) is 6.49. The van der Waals surface area contributed by atoms with Gasteiger partial charge in [0, 0.05) is 19.2 Å². The molecule has 0 spiro atoms. The van der Waals surface area contributed by atoms with Crippen LogP contribution in [0.3, 0.4) is 0 Å². The number of sulfone groups is 1. The van der Waals surface area contributed by atoms with Gasteiger partial charge in [0.15, 0.2) is 21.3 Å². The molecule has 120 valence electrons. The summed E-state index contributed by atoms with van der Waals surface area (Å²) in [7, 11) is -0.553. The third-order valence-electron chi connectivity index (χ3n) is 2.85. The Hall–Kier alpha value is -1.35. The monoisotopic (exact) mass is 319 g/mol. The largest absolute Gasteiger partial charge is 0.493 e. The summed E-state index contributed by atoms with van der Waals surface area (Å²) in [5.41, 5.74) is 0. The van der Waals surface area contributed by atoms with Crippen molar-refractivity contribution in [2.75, 3.05) is 39.7 Å². The molecule has 1 aromatic rings. The van der Waals surface area contributed by atoms with Crippen LogP contribution >= 0.6 is 0 Å². The average molecular weight is 319 g/mol. The Morgan fingerprint density at radius 1 is 1.24 bits per heavy atom. The van der Waals surface area contributed by atoms with Crippen molar-refractivity contribution in [3.63, 3.8) is 0 Å². The van der Waals surface area contributed by atoms with Crippen LogP contribution in [-0.4, -0.2) is 64.4 Å². The Kier molecular flexibility index (Phi) is 6.90. The first-order valence-electron chi connectivity index (χ1n) is 6.39. The van der Waals surface area contributed by atoms with Crippen molar-refractivity contribution in [3.8, 4) is 11.5 Å². The van der Waals surface area contributed by atoms with Crippen molar-refractivity contribution in [2.24, 2.45) is 0 Å². The van der Waals surface area contributed by atoms with Crippen molar-refractivity contribution in [3.05, 3.63) is 18.2 Å². The molecule has 0 bridgehead atoms. The van der Waals surface area contributed by atoms with Gasteiger partial charge < -0.3 is 25.0 Å². The summed E-state index contributed by atoms with van der Waals surface area (Å²) in [4.78, 5) is 0.143. The molecule has 0 saturated carbocycles. The Labute approximate surface area is 124 Å². The van der Waals surface area contributed by atoms with Crippen LogP contribution in [0.25, 0.3) is 0 Å². The minimum absolute atomic E-state index is 0.124. The lowest BCUT2D eigenvalue weighted by atomic mass is 10.3. The van der Waals surface area contributed by atoms with Crippen LogP contribution in [0.4, 0.5) is 0 Å². The maximum atomic E-state index is 12.2. The summed E-state index contributed by atoms with van der Waals surface area (Å²) >= 11 is 0. The predicted molar refractivity (Wildman–Crippen MR) is 77.6 cm³/mol. The fourth-order valence-corrected chi connectivity index (χ4v) is 2.88. The fraction of sp³-hybridized carbons (Fsp3) is 0.538. The molecule has 1 atom stereocenters. The molecular formula is C13H21NO6S. The normalized spacial score (nSPS) is 13.0. The van der Waals surface area contributed by atoms with E-state index in [1.54, 1.807) is 0 Å². The predicted octanol–water partition coefficient (Wildman–Crippen LogP) is -0.580. The van der Waals surface area contributed by atoms with Crippen LogP contribution in [0.15, 0.2) is 23.1 Å². The maximum absolute atomic E-state index is 12.2. The first-order valence-corrected chi connectivity index (χ1v) is 8.04. The zero-order valence-corrected chi connectivity index (χ0v) is 12.9. The van der Waals surface area contributed by atoms with Crippen molar-refractivity contribution in [2.45, 2.75) is 11.0 Å². The van der Waals surface area contributed by atoms with Gasteiger partial charge in [0.25, 0.3) is 0 Å². The Bertz CT molecular complexity index is 546. The molecule has 0 amide bonds.